The molecule has 0 saturated heterocycles. The number of ether oxygens (including phenoxy) is 1. The molecule has 3 rings (SSSR count). The van der Waals surface area contributed by atoms with E-state index < -0.39 is 0 Å². The van der Waals surface area contributed by atoms with Crippen molar-refractivity contribution in [1.29, 1.82) is 0 Å². The van der Waals surface area contributed by atoms with Gasteiger partial charge < -0.3 is 15.0 Å². The molecule has 0 bridgehead atoms. The molecule has 7 nitrogen and oxygen atoms in total. The summed E-state index contributed by atoms with van der Waals surface area (Å²) in [5, 5.41) is 9.63. The number of carbonyl (C=O) groups is 2. The van der Waals surface area contributed by atoms with Gasteiger partial charge in [0.15, 0.2) is 0 Å². The van der Waals surface area contributed by atoms with Crippen LogP contribution in [0.2, 0.25) is 0 Å². The Kier molecular flexibility index (Phi) is 7.71. The van der Waals surface area contributed by atoms with Crippen LogP contribution in [0.5, 0.6) is 0 Å². The lowest BCUT2D eigenvalue weighted by Crippen LogP contribution is -2.39. The summed E-state index contributed by atoms with van der Waals surface area (Å²) in [5.41, 5.74) is 3.79. The smallest absolute Gasteiger partial charge is 0.264 e. The molecule has 0 saturated carbocycles. The van der Waals surface area contributed by atoms with Gasteiger partial charge >= 0.3 is 0 Å². The summed E-state index contributed by atoms with van der Waals surface area (Å²) in [6.07, 6.45) is 0. The highest BCUT2D eigenvalue weighted by Crippen LogP contribution is 2.28. The largest absolute Gasteiger partial charge is 0.383 e. The second-order valence-electron chi connectivity index (χ2n) is 9.11. The monoisotopic (exact) mass is 468 g/mol. The highest BCUT2D eigenvalue weighted by atomic mass is 32.1. The molecule has 2 aromatic heterocycles. The SMILES string of the molecule is COCCN(CC(=O)Nc1cc(C(C)(C)C)nn1-c1ccc(C)cc1C)C(=O)c1cccs1. The van der Waals surface area contributed by atoms with E-state index in [2.05, 4.69) is 32.2 Å². The van der Waals surface area contributed by atoms with E-state index in [1.54, 1.807) is 17.9 Å². The van der Waals surface area contributed by atoms with Crippen LogP contribution in [0, 0.1) is 13.8 Å². The molecule has 2 heterocycles. The minimum absolute atomic E-state index is 0.0804. The fraction of sp³-hybridized carbons (Fsp3) is 0.400. The maximum Gasteiger partial charge on any atom is 0.264 e. The Morgan fingerprint density at radius 1 is 1.18 bits per heavy atom. The van der Waals surface area contributed by atoms with Crippen LogP contribution in [0.15, 0.2) is 41.8 Å². The van der Waals surface area contributed by atoms with E-state index in [0.29, 0.717) is 23.8 Å². The van der Waals surface area contributed by atoms with Crippen LogP contribution in [0.3, 0.4) is 0 Å². The lowest BCUT2D eigenvalue weighted by atomic mass is 9.92. The number of nitrogens with zero attached hydrogens (tertiary/aromatic N) is 3. The van der Waals surface area contributed by atoms with E-state index in [9.17, 15) is 9.59 Å². The number of aromatic nitrogens is 2. The van der Waals surface area contributed by atoms with Crippen molar-refractivity contribution in [1.82, 2.24) is 14.7 Å². The predicted molar refractivity (Wildman–Crippen MR) is 132 cm³/mol. The number of methoxy groups -OCH3 is 1. The number of rotatable bonds is 8. The summed E-state index contributed by atoms with van der Waals surface area (Å²) in [7, 11) is 1.57. The fourth-order valence-corrected chi connectivity index (χ4v) is 4.12. The first-order valence-corrected chi connectivity index (χ1v) is 11.8. The van der Waals surface area contributed by atoms with Gasteiger partial charge in [0, 0.05) is 25.1 Å². The molecule has 1 N–H and O–H groups in total. The molecule has 0 aliphatic rings. The van der Waals surface area contributed by atoms with E-state index in [1.165, 1.54) is 16.2 Å². The van der Waals surface area contributed by atoms with Crippen molar-refractivity contribution in [3.63, 3.8) is 0 Å². The molecule has 2 amide bonds. The van der Waals surface area contributed by atoms with Crippen LogP contribution < -0.4 is 5.32 Å². The van der Waals surface area contributed by atoms with Crippen molar-refractivity contribution >= 4 is 29.0 Å². The number of benzene rings is 1. The second-order valence-corrected chi connectivity index (χ2v) is 10.1. The third kappa shape index (κ3) is 6.09. The number of anilines is 1. The molecule has 0 aliphatic carbocycles. The van der Waals surface area contributed by atoms with Gasteiger partial charge in [0.2, 0.25) is 5.91 Å². The molecule has 0 radical (unpaired) electrons. The lowest BCUT2D eigenvalue weighted by molar-refractivity contribution is -0.117. The van der Waals surface area contributed by atoms with Gasteiger partial charge in [-0.2, -0.15) is 5.10 Å². The molecule has 8 heteroatoms. The van der Waals surface area contributed by atoms with Crippen LogP contribution in [0.4, 0.5) is 5.82 Å². The summed E-state index contributed by atoms with van der Waals surface area (Å²) in [6.45, 7) is 10.9. The Morgan fingerprint density at radius 2 is 1.94 bits per heavy atom. The molecule has 176 valence electrons. The van der Waals surface area contributed by atoms with Gasteiger partial charge in [-0.15, -0.1) is 11.3 Å². The van der Waals surface area contributed by atoms with Crippen molar-refractivity contribution in [3.05, 3.63) is 63.5 Å². The Hall–Kier alpha value is -2.97. The third-order valence-corrected chi connectivity index (χ3v) is 6.10. The first-order valence-electron chi connectivity index (χ1n) is 10.9. The van der Waals surface area contributed by atoms with Gasteiger partial charge in [0.25, 0.3) is 5.91 Å². The topological polar surface area (TPSA) is 76.5 Å². The maximum atomic E-state index is 13.1. The van der Waals surface area contributed by atoms with Gasteiger partial charge in [-0.25, -0.2) is 4.68 Å². The van der Waals surface area contributed by atoms with Gasteiger partial charge in [0.05, 0.1) is 22.9 Å². The van der Waals surface area contributed by atoms with Crippen molar-refractivity contribution in [3.8, 4) is 5.69 Å². The predicted octanol–water partition coefficient (Wildman–Crippen LogP) is 4.58. The first kappa shape index (κ1) is 24.7. The van der Waals surface area contributed by atoms with Gasteiger partial charge in [-0.05, 0) is 36.9 Å². The van der Waals surface area contributed by atoms with Gasteiger partial charge in [0.1, 0.15) is 12.4 Å². The summed E-state index contributed by atoms with van der Waals surface area (Å²) in [6, 6.07) is 11.6. The van der Waals surface area contributed by atoms with Crippen LogP contribution in [-0.4, -0.2) is 53.3 Å². The van der Waals surface area contributed by atoms with Gasteiger partial charge in [-0.3, -0.25) is 9.59 Å². The molecule has 0 unspecified atom stereocenters. The Bertz CT molecular complexity index is 1110. The van der Waals surface area contributed by atoms with Crippen LogP contribution in [-0.2, 0) is 14.9 Å². The number of nitrogens with one attached hydrogen (secondary N) is 1. The zero-order valence-electron chi connectivity index (χ0n) is 20.1. The average Bonchev–Trinajstić information content (AvgIpc) is 3.41. The zero-order valence-corrected chi connectivity index (χ0v) is 21.0. The fourth-order valence-electron chi connectivity index (χ4n) is 3.43. The highest BCUT2D eigenvalue weighted by Gasteiger charge is 2.24. The Balaban J connectivity index is 1.88. The number of hydrogen-bond acceptors (Lipinski definition) is 5. The molecular formula is C25H32N4O3S. The molecule has 0 spiro atoms. The van der Waals surface area contributed by atoms with E-state index in [1.807, 2.05) is 43.5 Å². The minimum atomic E-state index is -0.289. The third-order valence-electron chi connectivity index (χ3n) is 5.24. The summed E-state index contributed by atoms with van der Waals surface area (Å²) < 4.78 is 6.92. The maximum absolute atomic E-state index is 13.1. The normalized spacial score (nSPS) is 11.5. The van der Waals surface area contributed by atoms with Crippen molar-refractivity contribution in [2.24, 2.45) is 0 Å². The number of hydrogen-bond donors (Lipinski definition) is 1. The molecule has 0 aliphatic heterocycles. The summed E-state index contributed by atoms with van der Waals surface area (Å²) >= 11 is 1.35. The number of amides is 2. The van der Waals surface area contributed by atoms with E-state index in [-0.39, 0.29) is 23.8 Å². The molecule has 33 heavy (non-hydrogen) atoms. The summed E-state index contributed by atoms with van der Waals surface area (Å²) in [4.78, 5) is 28.0. The van der Waals surface area contributed by atoms with Crippen molar-refractivity contribution in [2.75, 3.05) is 32.1 Å². The van der Waals surface area contributed by atoms with Gasteiger partial charge in [-0.1, -0.05) is 44.5 Å². The lowest BCUT2D eigenvalue weighted by Gasteiger charge is -2.21. The standard InChI is InChI=1S/C25H32N4O3S/c1-17-9-10-19(18(2)14-17)29-22(15-21(27-29)25(3,4)5)26-23(30)16-28(11-12-32-6)24(31)20-8-7-13-33-20/h7-10,13-15H,11-12,16H2,1-6H3,(H,26,30). The van der Waals surface area contributed by atoms with E-state index in [4.69, 9.17) is 9.84 Å². The molecule has 0 fully saturated rings. The Morgan fingerprint density at radius 3 is 2.55 bits per heavy atom. The van der Waals surface area contributed by atoms with E-state index in [0.717, 1.165) is 22.5 Å². The minimum Gasteiger partial charge on any atom is -0.383 e. The summed E-state index contributed by atoms with van der Waals surface area (Å²) in [5.74, 6) is 0.102. The molecule has 3 aromatic rings. The molecular weight excluding hydrogens is 436 g/mol. The van der Waals surface area contributed by atoms with Crippen molar-refractivity contribution in [2.45, 2.75) is 40.0 Å². The quantitative estimate of drug-likeness (QED) is 0.525. The average molecular weight is 469 g/mol. The number of thiophene rings is 1. The first-order chi connectivity index (χ1) is 15.6. The van der Waals surface area contributed by atoms with Crippen LogP contribution in [0.1, 0.15) is 47.3 Å². The molecule has 0 atom stereocenters. The van der Waals surface area contributed by atoms with Crippen molar-refractivity contribution < 1.29 is 14.3 Å². The number of carbonyl (C=O) groups excluding carboxylic acids is 2. The highest BCUT2D eigenvalue weighted by molar-refractivity contribution is 7.12. The van der Waals surface area contributed by atoms with Crippen LogP contribution >= 0.6 is 11.3 Å². The van der Waals surface area contributed by atoms with Crippen LogP contribution in [0.25, 0.3) is 5.69 Å². The Labute approximate surface area is 199 Å². The zero-order chi connectivity index (χ0) is 24.2. The van der Waals surface area contributed by atoms with E-state index >= 15 is 0 Å². The number of aryl methyl sites for hydroxylation is 2. The molecule has 1 aromatic carbocycles. The second kappa shape index (κ2) is 10.3.